The minimum Gasteiger partial charge on any atom is -0.287 e. The topological polar surface area (TPSA) is 17.1 Å². The summed E-state index contributed by atoms with van der Waals surface area (Å²) < 4.78 is 3.01. The molecular weight excluding hydrogens is 417 g/mol. The highest BCUT2D eigenvalue weighted by atomic mass is 32.2. The summed E-state index contributed by atoms with van der Waals surface area (Å²) in [6.45, 7) is 0. The van der Waals surface area contributed by atoms with Crippen LogP contribution in [0.25, 0.3) is 9.40 Å². The van der Waals surface area contributed by atoms with Crippen LogP contribution in [0.3, 0.4) is 0 Å². The molecule has 0 saturated carbocycles. The molecule has 0 unspecified atom stereocenters. The van der Waals surface area contributed by atoms with E-state index in [0.29, 0.717) is 0 Å². The van der Waals surface area contributed by atoms with Crippen LogP contribution < -0.4 is 5.43 Å². The summed E-state index contributed by atoms with van der Waals surface area (Å²) in [5, 5.41) is 0. The molecule has 0 atom stereocenters. The van der Waals surface area contributed by atoms with E-state index in [1.807, 2.05) is 72.8 Å². The maximum absolute atomic E-state index is 13.2. The highest BCUT2D eigenvalue weighted by Crippen LogP contribution is 2.35. The van der Waals surface area contributed by atoms with Crippen molar-refractivity contribution in [1.29, 1.82) is 0 Å². The minimum absolute atomic E-state index is 0.0641. The summed E-state index contributed by atoms with van der Waals surface area (Å²) in [5.74, 6) is 0. The Bertz CT molecular complexity index is 1080. The molecule has 4 aromatic rings. The van der Waals surface area contributed by atoms with Crippen LogP contribution in [-0.4, -0.2) is 0 Å². The van der Waals surface area contributed by atoms with Gasteiger partial charge in [0.15, 0.2) is 0 Å². The van der Waals surface area contributed by atoms with Crippen molar-refractivity contribution in [1.82, 2.24) is 0 Å². The van der Waals surface area contributed by atoms with Crippen molar-refractivity contribution in [2.75, 3.05) is 0 Å². The van der Waals surface area contributed by atoms with E-state index < -0.39 is 0 Å². The quantitative estimate of drug-likeness (QED) is 0.316. The van der Waals surface area contributed by atoms with Crippen molar-refractivity contribution in [3.8, 4) is 0 Å². The molecule has 1 nitrogen and oxygen atoms in total. The monoisotopic (exact) mass is 428 g/mol. The molecule has 0 radical (unpaired) electrons. The average molecular weight is 429 g/mol. The molecule has 3 aromatic carbocycles. The van der Waals surface area contributed by atoms with E-state index >= 15 is 0 Å². The lowest BCUT2D eigenvalue weighted by Crippen LogP contribution is -2.02. The van der Waals surface area contributed by atoms with Crippen molar-refractivity contribution in [2.45, 2.75) is 19.6 Å². The number of benzene rings is 2. The van der Waals surface area contributed by atoms with E-state index in [4.69, 9.17) is 12.2 Å². The summed E-state index contributed by atoms with van der Waals surface area (Å²) in [6, 6.07) is 24.0. The Kier molecular flexibility index (Phi) is 5.57. The van der Waals surface area contributed by atoms with E-state index in [-0.39, 0.29) is 5.43 Å². The molecular formula is C20H12OS5. The van der Waals surface area contributed by atoms with Gasteiger partial charge >= 0.3 is 0 Å². The van der Waals surface area contributed by atoms with Gasteiger partial charge in [-0.2, -0.15) is 0 Å². The third kappa shape index (κ3) is 4.10. The van der Waals surface area contributed by atoms with Gasteiger partial charge in [0.05, 0.1) is 9.79 Å². The van der Waals surface area contributed by atoms with Crippen LogP contribution in [0, 0.1) is 3.14 Å². The fourth-order valence-corrected chi connectivity index (χ4v) is 6.97. The number of hydrogen-bond donors (Lipinski definition) is 0. The molecule has 0 amide bonds. The Morgan fingerprint density at radius 1 is 0.692 bits per heavy atom. The zero-order valence-corrected chi connectivity index (χ0v) is 17.5. The second kappa shape index (κ2) is 8.06. The highest BCUT2D eigenvalue weighted by molar-refractivity contribution is 8.00. The maximum Gasteiger partial charge on any atom is 0.206 e. The molecule has 1 heterocycles. The van der Waals surface area contributed by atoms with Gasteiger partial charge in [0.2, 0.25) is 5.43 Å². The van der Waals surface area contributed by atoms with Crippen LogP contribution in [0.5, 0.6) is 0 Å². The predicted octanol–water partition coefficient (Wildman–Crippen LogP) is 7.35. The smallest absolute Gasteiger partial charge is 0.206 e. The van der Waals surface area contributed by atoms with Gasteiger partial charge in [-0.25, -0.2) is 0 Å². The van der Waals surface area contributed by atoms with Gasteiger partial charge in [-0.1, -0.05) is 72.1 Å². The lowest BCUT2D eigenvalue weighted by atomic mass is 10.4. The SMILES string of the molecule is O=c1c(Sc2ccccc2)cc2sc(=S)sc2cc1Sc1ccccc1. The van der Waals surface area contributed by atoms with Crippen LogP contribution >= 0.6 is 58.4 Å². The van der Waals surface area contributed by atoms with E-state index in [9.17, 15) is 4.79 Å². The molecule has 0 fully saturated rings. The first-order valence-corrected chi connectivity index (χ1v) is 11.4. The molecule has 0 bridgehead atoms. The van der Waals surface area contributed by atoms with Crippen LogP contribution in [0.4, 0.5) is 0 Å². The van der Waals surface area contributed by atoms with Gasteiger partial charge in [0.1, 0.15) is 3.14 Å². The standard InChI is InChI=1S/C20H12OS5/c21-19-17(23-13-7-3-1-4-8-13)11-15-16(26-20(22)25-15)12-18(19)24-14-9-5-2-6-10-14/h1-12H. The normalized spacial score (nSPS) is 10.9. The molecule has 1 aromatic heterocycles. The molecule has 0 aliphatic rings. The molecule has 26 heavy (non-hydrogen) atoms. The molecule has 4 rings (SSSR count). The Labute approximate surface area is 172 Å². The van der Waals surface area contributed by atoms with Crippen molar-refractivity contribution >= 4 is 67.8 Å². The minimum atomic E-state index is 0.0641. The van der Waals surface area contributed by atoms with Crippen LogP contribution in [0.15, 0.2) is 97.2 Å². The lowest BCUT2D eigenvalue weighted by molar-refractivity contribution is 1.27. The average Bonchev–Trinajstić information content (AvgIpc) is 2.95. The first-order chi connectivity index (χ1) is 12.7. The van der Waals surface area contributed by atoms with Gasteiger partial charge in [-0.15, -0.1) is 22.7 Å². The molecule has 0 aliphatic heterocycles. The fraction of sp³-hybridized carbons (Fsp3) is 0. The van der Waals surface area contributed by atoms with E-state index in [1.165, 1.54) is 23.5 Å². The summed E-state index contributed by atoms with van der Waals surface area (Å²) in [6.07, 6.45) is 0. The van der Waals surface area contributed by atoms with Gasteiger partial charge in [0, 0.05) is 19.2 Å². The lowest BCUT2D eigenvalue weighted by Gasteiger charge is -2.01. The summed E-state index contributed by atoms with van der Waals surface area (Å²) in [4.78, 5) is 16.8. The maximum atomic E-state index is 13.2. The number of fused-ring (bicyclic) bond motifs is 1. The summed E-state index contributed by atoms with van der Waals surface area (Å²) in [7, 11) is 0. The predicted molar refractivity (Wildman–Crippen MR) is 118 cm³/mol. The first-order valence-electron chi connectivity index (χ1n) is 7.77. The third-order valence-electron chi connectivity index (χ3n) is 3.54. The second-order valence-corrected chi connectivity index (χ2v) is 10.9. The van der Waals surface area contributed by atoms with Crippen molar-refractivity contribution in [2.24, 2.45) is 0 Å². The largest absolute Gasteiger partial charge is 0.287 e. The summed E-state index contributed by atoms with van der Waals surface area (Å²) in [5.41, 5.74) is 0.0641. The van der Waals surface area contributed by atoms with E-state index in [0.717, 1.165) is 32.1 Å². The number of hydrogen-bond acceptors (Lipinski definition) is 6. The molecule has 6 heteroatoms. The molecule has 0 spiro atoms. The van der Waals surface area contributed by atoms with Gasteiger partial charge in [-0.3, -0.25) is 4.79 Å². The van der Waals surface area contributed by atoms with Gasteiger partial charge in [-0.05, 0) is 36.4 Å². The van der Waals surface area contributed by atoms with E-state index in [1.54, 1.807) is 22.7 Å². The Balaban J connectivity index is 1.88. The molecule has 128 valence electrons. The molecule has 0 saturated heterocycles. The van der Waals surface area contributed by atoms with Crippen LogP contribution in [-0.2, 0) is 0 Å². The zero-order valence-electron chi connectivity index (χ0n) is 13.4. The summed E-state index contributed by atoms with van der Waals surface area (Å²) >= 11 is 11.5. The Hall–Kier alpha value is -1.44. The first kappa shape index (κ1) is 17.9. The Morgan fingerprint density at radius 2 is 1.12 bits per heavy atom. The molecule has 0 N–H and O–H groups in total. The van der Waals surface area contributed by atoms with Crippen LogP contribution in [0.2, 0.25) is 0 Å². The second-order valence-electron chi connectivity index (χ2n) is 5.36. The van der Waals surface area contributed by atoms with Gasteiger partial charge < -0.3 is 0 Å². The van der Waals surface area contributed by atoms with Crippen molar-refractivity contribution in [3.63, 3.8) is 0 Å². The van der Waals surface area contributed by atoms with E-state index in [2.05, 4.69) is 0 Å². The number of rotatable bonds is 4. The van der Waals surface area contributed by atoms with Gasteiger partial charge in [0.25, 0.3) is 0 Å². The van der Waals surface area contributed by atoms with Crippen molar-refractivity contribution < 1.29 is 0 Å². The highest BCUT2D eigenvalue weighted by Gasteiger charge is 2.11. The Morgan fingerprint density at radius 3 is 1.54 bits per heavy atom. The van der Waals surface area contributed by atoms with Crippen LogP contribution in [0.1, 0.15) is 0 Å². The molecule has 0 aliphatic carbocycles. The fourth-order valence-electron chi connectivity index (χ4n) is 2.38. The third-order valence-corrected chi connectivity index (χ3v) is 8.18. The zero-order chi connectivity index (χ0) is 17.9. The van der Waals surface area contributed by atoms with Crippen molar-refractivity contribution in [3.05, 3.63) is 86.2 Å².